The lowest BCUT2D eigenvalue weighted by Crippen LogP contribution is -2.74. The third-order valence-corrected chi connectivity index (χ3v) is 17.4. The molecule has 0 fully saturated rings. The van der Waals surface area contributed by atoms with Gasteiger partial charge in [-0.05, 0) is 56.6 Å². The Labute approximate surface area is 366 Å². The molecule has 5 nitrogen and oxygen atoms in total. The monoisotopic (exact) mass is 824 g/mol. The zero-order valence-electron chi connectivity index (χ0n) is 34.3. The topological polar surface area (TPSA) is 54.8 Å². The highest BCUT2D eigenvalue weighted by molar-refractivity contribution is 7.20. The SMILES string of the molecule is c1ccc(C2=NC(c3cccc(-n4c5ccc([Si](c6ccccc6)(c6ccccc6)c6ccccc6)cc5c5ccc6c7ccccc7oc6c54)c3)=NC(c3ccccc3)N2)cc1. The van der Waals surface area contributed by atoms with Gasteiger partial charge in [0.1, 0.15) is 17.6 Å². The zero-order valence-corrected chi connectivity index (χ0v) is 35.3. The van der Waals surface area contributed by atoms with Crippen molar-refractivity contribution < 1.29 is 4.42 Å². The fourth-order valence-electron chi connectivity index (χ4n) is 9.76. The fraction of sp³-hybridized carbons (Fsp3) is 0.0175. The first-order valence-corrected chi connectivity index (χ1v) is 23.4. The van der Waals surface area contributed by atoms with Crippen molar-refractivity contribution in [3.05, 3.63) is 247 Å². The minimum absolute atomic E-state index is 0.303. The summed E-state index contributed by atoms with van der Waals surface area (Å²) in [4.78, 5) is 10.4. The summed E-state index contributed by atoms with van der Waals surface area (Å²) in [5.41, 5.74) is 7.86. The number of hydrogen-bond acceptors (Lipinski definition) is 4. The van der Waals surface area contributed by atoms with Crippen LogP contribution in [-0.4, -0.2) is 24.3 Å². The second-order valence-electron chi connectivity index (χ2n) is 16.1. The molecular weight excluding hydrogens is 785 g/mol. The van der Waals surface area contributed by atoms with Crippen molar-refractivity contribution in [2.75, 3.05) is 0 Å². The van der Waals surface area contributed by atoms with E-state index in [0.717, 1.165) is 66.6 Å². The van der Waals surface area contributed by atoms with E-state index in [1.54, 1.807) is 0 Å². The van der Waals surface area contributed by atoms with Gasteiger partial charge >= 0.3 is 0 Å². The Balaban J connectivity index is 1.12. The molecule has 0 spiro atoms. The lowest BCUT2D eigenvalue weighted by Gasteiger charge is -2.34. The molecule has 6 heteroatoms. The second-order valence-corrected chi connectivity index (χ2v) is 19.9. The molecule has 0 saturated carbocycles. The van der Waals surface area contributed by atoms with Crippen molar-refractivity contribution >= 4 is 84.2 Å². The van der Waals surface area contributed by atoms with Crippen LogP contribution in [0.3, 0.4) is 0 Å². The number of rotatable bonds is 8. The van der Waals surface area contributed by atoms with Gasteiger partial charge in [-0.2, -0.15) is 0 Å². The number of aliphatic imine (C=N–C) groups is 2. The van der Waals surface area contributed by atoms with Gasteiger partial charge < -0.3 is 14.3 Å². The van der Waals surface area contributed by atoms with E-state index in [2.05, 4.69) is 210 Å². The molecule has 0 amide bonds. The van der Waals surface area contributed by atoms with E-state index in [4.69, 9.17) is 14.4 Å². The Morgan fingerprint density at radius 1 is 0.460 bits per heavy atom. The molecule has 2 aromatic heterocycles. The van der Waals surface area contributed by atoms with Crippen molar-refractivity contribution in [3.8, 4) is 5.69 Å². The predicted molar refractivity (Wildman–Crippen MR) is 264 cm³/mol. The Bertz CT molecular complexity index is 3430. The van der Waals surface area contributed by atoms with Crippen LogP contribution in [0.5, 0.6) is 0 Å². The highest BCUT2D eigenvalue weighted by Gasteiger charge is 2.41. The molecular formula is C57H40N4OSi. The number of para-hydroxylation sites is 1. The maximum absolute atomic E-state index is 6.87. The van der Waals surface area contributed by atoms with Crippen LogP contribution in [0.2, 0.25) is 0 Å². The molecule has 0 aliphatic carbocycles. The molecule has 3 heterocycles. The van der Waals surface area contributed by atoms with Gasteiger partial charge in [0.05, 0.1) is 11.0 Å². The van der Waals surface area contributed by atoms with Crippen molar-refractivity contribution in [2.24, 2.45) is 9.98 Å². The van der Waals surface area contributed by atoms with Gasteiger partial charge in [-0.3, -0.25) is 0 Å². The highest BCUT2D eigenvalue weighted by atomic mass is 28.3. The quantitative estimate of drug-likeness (QED) is 0.123. The number of furan rings is 1. The zero-order chi connectivity index (χ0) is 41.7. The summed E-state index contributed by atoms with van der Waals surface area (Å²) in [5.74, 6) is 1.46. The predicted octanol–water partition coefficient (Wildman–Crippen LogP) is 10.6. The Morgan fingerprint density at radius 3 is 1.73 bits per heavy atom. The third-order valence-electron chi connectivity index (χ3n) is 12.6. The van der Waals surface area contributed by atoms with Crippen LogP contribution in [0.1, 0.15) is 22.9 Å². The van der Waals surface area contributed by atoms with E-state index in [1.165, 1.54) is 26.1 Å². The molecule has 1 N–H and O–H groups in total. The molecule has 0 bridgehead atoms. The Morgan fingerprint density at radius 2 is 1.05 bits per heavy atom. The van der Waals surface area contributed by atoms with E-state index in [0.29, 0.717) is 5.84 Å². The first-order chi connectivity index (χ1) is 31.2. The lowest BCUT2D eigenvalue weighted by atomic mass is 10.1. The summed E-state index contributed by atoms with van der Waals surface area (Å²) in [6, 6.07) is 82.7. The smallest absolute Gasteiger partial charge is 0.179 e. The van der Waals surface area contributed by atoms with Crippen LogP contribution >= 0.6 is 0 Å². The summed E-state index contributed by atoms with van der Waals surface area (Å²) >= 11 is 0. The molecule has 63 heavy (non-hydrogen) atoms. The summed E-state index contributed by atoms with van der Waals surface area (Å²) in [5, 5.41) is 13.4. The summed E-state index contributed by atoms with van der Waals surface area (Å²) in [6.07, 6.45) is -0.303. The minimum Gasteiger partial charge on any atom is -0.454 e. The summed E-state index contributed by atoms with van der Waals surface area (Å²) in [7, 11) is -2.82. The van der Waals surface area contributed by atoms with Gasteiger partial charge in [0, 0.05) is 38.4 Å². The molecule has 1 aliphatic heterocycles. The summed E-state index contributed by atoms with van der Waals surface area (Å²) in [6.45, 7) is 0. The van der Waals surface area contributed by atoms with Crippen LogP contribution < -0.4 is 26.1 Å². The van der Waals surface area contributed by atoms with Crippen molar-refractivity contribution in [1.29, 1.82) is 0 Å². The Hall–Kier alpha value is -8.06. The van der Waals surface area contributed by atoms with E-state index in [9.17, 15) is 0 Å². The number of fused-ring (bicyclic) bond motifs is 7. The number of amidine groups is 2. The first kappa shape index (κ1) is 36.8. The van der Waals surface area contributed by atoms with Crippen molar-refractivity contribution in [2.45, 2.75) is 6.17 Å². The third kappa shape index (κ3) is 6.06. The van der Waals surface area contributed by atoms with E-state index < -0.39 is 8.07 Å². The van der Waals surface area contributed by atoms with Gasteiger partial charge in [0.2, 0.25) is 0 Å². The van der Waals surface area contributed by atoms with Gasteiger partial charge in [0.25, 0.3) is 0 Å². The maximum Gasteiger partial charge on any atom is 0.179 e. The van der Waals surface area contributed by atoms with E-state index >= 15 is 0 Å². The van der Waals surface area contributed by atoms with Gasteiger partial charge in [-0.25, -0.2) is 9.98 Å². The average molecular weight is 825 g/mol. The van der Waals surface area contributed by atoms with Gasteiger partial charge in [-0.15, -0.1) is 0 Å². The molecule has 11 aromatic rings. The van der Waals surface area contributed by atoms with E-state index in [1.807, 2.05) is 30.3 Å². The number of aromatic nitrogens is 1. The number of benzene rings is 9. The normalized spacial score (nSPS) is 14.2. The Kier molecular flexibility index (Phi) is 8.83. The molecule has 1 unspecified atom stereocenters. The molecule has 298 valence electrons. The number of hydrogen-bond donors (Lipinski definition) is 1. The molecule has 0 radical (unpaired) electrons. The molecule has 0 saturated heterocycles. The minimum atomic E-state index is -2.82. The van der Waals surface area contributed by atoms with E-state index in [-0.39, 0.29) is 6.17 Å². The van der Waals surface area contributed by atoms with Gasteiger partial charge in [-0.1, -0.05) is 200 Å². The number of nitrogens with zero attached hydrogens (tertiary/aromatic N) is 3. The molecule has 1 atom stereocenters. The van der Waals surface area contributed by atoms with Crippen LogP contribution in [0.15, 0.2) is 245 Å². The average Bonchev–Trinajstić information content (AvgIpc) is 3.92. The lowest BCUT2D eigenvalue weighted by molar-refractivity contribution is 0.671. The number of nitrogens with one attached hydrogen (secondary N) is 1. The van der Waals surface area contributed by atoms with Crippen molar-refractivity contribution in [1.82, 2.24) is 9.88 Å². The standard InChI is InChI=1S/C57H40N4OSi/c1-6-19-39(20-7-1)55-58-56(40-21-8-2-9-22-40)60-57(59-55)41-23-18-24-42(37-41)61-51-36-33-46(38-50(51)48-34-35-49-47-31-16-17-32-52(47)62-54(49)53(48)61)63(43-25-10-3-11-26-43,44-27-12-4-13-28-44)45-29-14-5-15-30-45/h1-38,55H,(H,58,59,60). The van der Waals surface area contributed by atoms with Crippen LogP contribution in [-0.2, 0) is 0 Å². The van der Waals surface area contributed by atoms with Crippen LogP contribution in [0.4, 0.5) is 0 Å². The van der Waals surface area contributed by atoms with Crippen molar-refractivity contribution in [3.63, 3.8) is 0 Å². The molecule has 9 aromatic carbocycles. The first-order valence-electron chi connectivity index (χ1n) is 21.4. The fourth-order valence-corrected chi connectivity index (χ4v) is 14.5. The highest BCUT2D eigenvalue weighted by Crippen LogP contribution is 2.40. The summed E-state index contributed by atoms with van der Waals surface area (Å²) < 4.78 is 9.26. The van der Waals surface area contributed by atoms with Crippen LogP contribution in [0.25, 0.3) is 49.4 Å². The second kappa shape index (κ2) is 15.1. The molecule has 1 aliphatic rings. The van der Waals surface area contributed by atoms with Gasteiger partial charge in [0.15, 0.2) is 19.5 Å². The maximum atomic E-state index is 6.87. The van der Waals surface area contributed by atoms with Crippen LogP contribution in [0, 0.1) is 0 Å². The molecule has 12 rings (SSSR count). The largest absolute Gasteiger partial charge is 0.454 e.